The van der Waals surface area contributed by atoms with Crippen LogP contribution in [0.5, 0.6) is 52.0 Å². The van der Waals surface area contributed by atoms with E-state index in [9.17, 15) is 9.90 Å². The lowest BCUT2D eigenvalue weighted by atomic mass is 10.2. The normalized spacial score (nSPS) is 10.7. The average molecular weight is 662 g/mol. The Morgan fingerprint density at radius 3 is 2.27 bits per heavy atom. The first-order valence-corrected chi connectivity index (χ1v) is 14.1. The molecule has 2 aromatic heterocycles. The van der Waals surface area contributed by atoms with Crippen LogP contribution in [0.3, 0.4) is 0 Å². The van der Waals surface area contributed by atoms with Gasteiger partial charge in [-0.2, -0.15) is 13.8 Å². The lowest BCUT2D eigenvalue weighted by Gasteiger charge is -2.18. The number of pyridine rings is 1. The number of aromatic nitrogens is 3. The van der Waals surface area contributed by atoms with E-state index in [1.165, 1.54) is 38.5 Å². The number of benzene rings is 3. The number of amidine groups is 1. The number of hydrogen-bond donors (Lipinski definition) is 3. The minimum Gasteiger partial charge on any atom is -0.504 e. The molecule has 0 aliphatic carbocycles. The number of nitrogens with zero attached hydrogens (tertiary/aromatic N) is 3. The smallest absolute Gasteiger partial charge is 0.338 e. The van der Waals surface area contributed by atoms with E-state index in [1.54, 1.807) is 49.1 Å². The molecule has 3 aromatic carbocycles. The minimum atomic E-state index is -1.46. The molecule has 5 aromatic rings. The zero-order valence-corrected chi connectivity index (χ0v) is 26.0. The van der Waals surface area contributed by atoms with E-state index in [0.29, 0.717) is 11.4 Å². The van der Waals surface area contributed by atoms with Gasteiger partial charge in [0, 0.05) is 30.6 Å². The predicted octanol–water partition coefficient (Wildman–Crippen LogP) is 6.32. The molecule has 13 nitrogen and oxygen atoms in total. The van der Waals surface area contributed by atoms with Crippen LogP contribution in [0.15, 0.2) is 67.0 Å². The Morgan fingerprint density at radius 2 is 1.62 bits per heavy atom. The predicted molar refractivity (Wildman–Crippen MR) is 168 cm³/mol. The highest BCUT2D eigenvalue weighted by molar-refractivity contribution is 5.95. The van der Waals surface area contributed by atoms with Crippen LogP contribution in [-0.4, -0.2) is 52.3 Å². The number of methoxy groups -OCH3 is 2. The molecule has 0 bridgehead atoms. The van der Waals surface area contributed by atoms with Crippen molar-refractivity contribution in [2.75, 3.05) is 20.8 Å². The third kappa shape index (κ3) is 6.74. The number of nitrogens with two attached hydrogens (primary N) is 1. The Balaban J connectivity index is 1.66. The first-order valence-electron chi connectivity index (χ1n) is 14.1. The minimum absolute atomic E-state index is 0.00191. The molecule has 0 unspecified atom stereocenters. The van der Waals surface area contributed by atoms with Crippen LogP contribution in [0.2, 0.25) is 0 Å². The average Bonchev–Trinajstić information content (AvgIpc) is 3.51. The maximum Gasteiger partial charge on any atom is 0.338 e. The molecule has 5 rings (SSSR count). The summed E-state index contributed by atoms with van der Waals surface area (Å²) in [6.45, 7) is 1.66. The number of hydrogen-bond acceptors (Lipinski definition) is 11. The molecule has 0 radical (unpaired) electrons. The topological polar surface area (TPSA) is 173 Å². The first-order chi connectivity index (χ1) is 23.0. The Kier molecular flexibility index (Phi) is 9.59. The molecule has 0 saturated carbocycles. The van der Waals surface area contributed by atoms with Crippen molar-refractivity contribution in [2.24, 2.45) is 12.8 Å². The van der Waals surface area contributed by atoms with Crippen LogP contribution < -0.4 is 29.4 Å². The van der Waals surface area contributed by atoms with Crippen molar-refractivity contribution in [3.63, 3.8) is 0 Å². The van der Waals surface area contributed by atoms with E-state index >= 15 is 8.78 Å². The van der Waals surface area contributed by atoms with E-state index in [-0.39, 0.29) is 52.3 Å². The van der Waals surface area contributed by atoms with Crippen molar-refractivity contribution in [1.82, 2.24) is 14.5 Å². The monoisotopic (exact) mass is 661 g/mol. The molecular weight excluding hydrogens is 632 g/mol. The lowest BCUT2D eigenvalue weighted by molar-refractivity contribution is 0.0525. The number of phenolic OH excluding ortho intramolecular Hbond substituents is 1. The molecule has 0 aliphatic heterocycles. The number of aromatic hydroxyl groups is 1. The largest absolute Gasteiger partial charge is 0.504 e. The van der Waals surface area contributed by atoms with Gasteiger partial charge < -0.3 is 43.8 Å². The summed E-state index contributed by atoms with van der Waals surface area (Å²) in [6.07, 6.45) is 3.35. The van der Waals surface area contributed by atoms with Crippen molar-refractivity contribution in [1.29, 1.82) is 5.41 Å². The van der Waals surface area contributed by atoms with Crippen molar-refractivity contribution in [3.8, 4) is 63.4 Å². The van der Waals surface area contributed by atoms with Gasteiger partial charge in [0.2, 0.25) is 23.1 Å². The number of phenols is 1. The van der Waals surface area contributed by atoms with E-state index in [1.807, 2.05) is 0 Å². The fourth-order valence-electron chi connectivity index (χ4n) is 4.47. The highest BCUT2D eigenvalue weighted by atomic mass is 19.1. The third-order valence-corrected chi connectivity index (χ3v) is 6.75. The fraction of sp³-hybridized carbons (Fsp3) is 0.152. The van der Waals surface area contributed by atoms with Gasteiger partial charge >= 0.3 is 5.97 Å². The molecular formula is C33H29F2N5O8. The molecule has 4 N–H and O–H groups in total. The van der Waals surface area contributed by atoms with Gasteiger partial charge in [-0.05, 0) is 49.4 Å². The summed E-state index contributed by atoms with van der Waals surface area (Å²) in [4.78, 5) is 20.8. The fourth-order valence-corrected chi connectivity index (χ4v) is 4.47. The zero-order chi connectivity index (χ0) is 34.5. The molecule has 0 saturated heterocycles. The lowest BCUT2D eigenvalue weighted by Crippen LogP contribution is -2.11. The summed E-state index contributed by atoms with van der Waals surface area (Å²) in [5, 5.41) is 18.1. The van der Waals surface area contributed by atoms with Gasteiger partial charge in [-0.1, -0.05) is 12.1 Å². The van der Waals surface area contributed by atoms with Crippen LogP contribution in [0, 0.1) is 17.0 Å². The third-order valence-electron chi connectivity index (χ3n) is 6.75. The summed E-state index contributed by atoms with van der Waals surface area (Å²) in [5.74, 6) is -7.32. The number of carbonyl (C=O) groups excluding carboxylic acids is 1. The second kappa shape index (κ2) is 13.9. The molecule has 15 heteroatoms. The molecule has 248 valence electrons. The van der Waals surface area contributed by atoms with Crippen LogP contribution in [0.4, 0.5) is 8.78 Å². The molecule has 0 fully saturated rings. The van der Waals surface area contributed by atoms with Crippen molar-refractivity contribution >= 4 is 11.8 Å². The van der Waals surface area contributed by atoms with Gasteiger partial charge in [-0.3, -0.25) is 5.41 Å². The van der Waals surface area contributed by atoms with Gasteiger partial charge in [-0.15, -0.1) is 0 Å². The maximum atomic E-state index is 16.2. The second-order valence-corrected chi connectivity index (χ2v) is 9.90. The van der Waals surface area contributed by atoms with Gasteiger partial charge in [0.25, 0.3) is 11.8 Å². The Morgan fingerprint density at radius 1 is 0.917 bits per heavy atom. The summed E-state index contributed by atoms with van der Waals surface area (Å²) in [5.41, 5.74) is 6.25. The number of nitrogen functional groups attached to an aromatic ring is 1. The highest BCUT2D eigenvalue weighted by Crippen LogP contribution is 2.45. The SMILES string of the molecule is CCOC(=O)c1cc(OC)c(OC)c(Oc2c(F)c(Oc3cccc(-c4nccn4C)c3)nc(Oc3cc(C(=N)N)ccc3O)c2F)c1. The number of rotatable bonds is 12. The Bertz CT molecular complexity index is 2020. The number of ether oxygens (including phenoxy) is 6. The van der Waals surface area contributed by atoms with Crippen LogP contribution in [0.1, 0.15) is 22.8 Å². The zero-order valence-electron chi connectivity index (χ0n) is 26.0. The summed E-state index contributed by atoms with van der Waals surface area (Å²) < 4.78 is 67.0. The Hall–Kier alpha value is -6.38. The van der Waals surface area contributed by atoms with Gasteiger partial charge in [0.1, 0.15) is 17.4 Å². The van der Waals surface area contributed by atoms with Gasteiger partial charge in [0.15, 0.2) is 23.0 Å². The standard InChI is InChI=1S/C33H29F2N5O8/c1-5-45-33(42)19-15-23(43-3)27(44-4)24(16-19)47-28-25(34)31(46-20-8-6-7-18(13-20)30-38-11-12-40(30)2)39-32(26(28)35)48-22-14-17(29(36)37)9-10-21(22)41/h6-16,41H,5H2,1-4H3,(H3,36,37). The quantitative estimate of drug-likeness (QED) is 0.0776. The number of carbonyl (C=O) groups is 1. The molecule has 0 spiro atoms. The number of imidazole rings is 1. The van der Waals surface area contributed by atoms with Gasteiger partial charge in [-0.25, -0.2) is 9.78 Å². The van der Waals surface area contributed by atoms with E-state index in [4.69, 9.17) is 39.6 Å². The summed E-state index contributed by atoms with van der Waals surface area (Å²) in [6, 6.07) is 12.6. The van der Waals surface area contributed by atoms with Crippen molar-refractivity contribution in [2.45, 2.75) is 6.92 Å². The summed E-state index contributed by atoms with van der Waals surface area (Å²) in [7, 11) is 4.35. The maximum absolute atomic E-state index is 16.2. The van der Waals surface area contributed by atoms with E-state index in [2.05, 4.69) is 9.97 Å². The van der Waals surface area contributed by atoms with Crippen LogP contribution in [-0.2, 0) is 11.8 Å². The van der Waals surface area contributed by atoms with E-state index in [0.717, 1.165) is 12.1 Å². The molecule has 48 heavy (non-hydrogen) atoms. The number of nitrogens with one attached hydrogen (secondary N) is 1. The molecule has 0 aliphatic rings. The molecule has 0 amide bonds. The number of esters is 1. The number of aryl methyl sites for hydroxylation is 1. The van der Waals surface area contributed by atoms with Crippen molar-refractivity contribution in [3.05, 3.63) is 89.8 Å². The Labute approximate surface area is 272 Å². The molecule has 0 atom stereocenters. The first kappa shape index (κ1) is 33.0. The summed E-state index contributed by atoms with van der Waals surface area (Å²) >= 11 is 0. The van der Waals surface area contributed by atoms with Crippen LogP contribution >= 0.6 is 0 Å². The van der Waals surface area contributed by atoms with E-state index < -0.39 is 40.9 Å². The van der Waals surface area contributed by atoms with Crippen molar-refractivity contribution < 1.29 is 47.1 Å². The van der Waals surface area contributed by atoms with Gasteiger partial charge in [0.05, 0.1) is 26.4 Å². The highest BCUT2D eigenvalue weighted by Gasteiger charge is 2.29. The van der Waals surface area contributed by atoms with Crippen LogP contribution in [0.25, 0.3) is 11.4 Å². The second-order valence-electron chi connectivity index (χ2n) is 9.90. The number of halogens is 2. The molecule has 2 heterocycles.